The van der Waals surface area contributed by atoms with Crippen LogP contribution >= 0.6 is 0 Å². The molecule has 0 bridgehead atoms. The van der Waals surface area contributed by atoms with Crippen molar-refractivity contribution in [1.29, 1.82) is 0 Å². The average molecular weight is 428 g/mol. The zero-order valence-corrected chi connectivity index (χ0v) is 17.8. The number of aryl methyl sites for hydroxylation is 1. The van der Waals surface area contributed by atoms with Crippen molar-refractivity contribution in [3.63, 3.8) is 0 Å². The fraction of sp³-hybridized carbons (Fsp3) is 0.192. The molecule has 1 N–H and O–H groups in total. The SMILES string of the molecule is Cc1ccc(N2CC(C(=O)Oc3cccc(C(=O)NCc4ccccc4)c3)CC2=O)cc1. The van der Waals surface area contributed by atoms with Crippen molar-refractivity contribution in [1.82, 2.24) is 5.32 Å². The van der Waals surface area contributed by atoms with Crippen LogP contribution in [0, 0.1) is 12.8 Å². The Morgan fingerprint density at radius 3 is 2.50 bits per heavy atom. The molecule has 3 aromatic rings. The fourth-order valence-electron chi connectivity index (χ4n) is 3.62. The number of esters is 1. The summed E-state index contributed by atoms with van der Waals surface area (Å²) in [4.78, 5) is 39.2. The molecule has 0 aromatic heterocycles. The lowest BCUT2D eigenvalue weighted by atomic mass is 10.1. The smallest absolute Gasteiger partial charge is 0.316 e. The molecule has 1 atom stereocenters. The molecule has 6 nitrogen and oxygen atoms in total. The molecule has 1 heterocycles. The van der Waals surface area contributed by atoms with Crippen molar-refractivity contribution >= 4 is 23.5 Å². The normalized spacial score (nSPS) is 15.5. The molecule has 1 unspecified atom stereocenters. The maximum Gasteiger partial charge on any atom is 0.316 e. The minimum Gasteiger partial charge on any atom is -0.426 e. The van der Waals surface area contributed by atoms with Gasteiger partial charge in [0, 0.05) is 30.8 Å². The van der Waals surface area contributed by atoms with Crippen LogP contribution in [0.2, 0.25) is 0 Å². The van der Waals surface area contributed by atoms with Crippen LogP contribution in [0.15, 0.2) is 78.9 Å². The van der Waals surface area contributed by atoms with Crippen LogP contribution < -0.4 is 15.0 Å². The summed E-state index contributed by atoms with van der Waals surface area (Å²) in [6.07, 6.45) is 0.101. The van der Waals surface area contributed by atoms with Gasteiger partial charge in [0.25, 0.3) is 5.91 Å². The molecule has 1 aliphatic rings. The van der Waals surface area contributed by atoms with Gasteiger partial charge >= 0.3 is 5.97 Å². The molecule has 4 rings (SSSR count). The molecule has 32 heavy (non-hydrogen) atoms. The van der Waals surface area contributed by atoms with E-state index in [0.29, 0.717) is 12.1 Å². The molecule has 6 heteroatoms. The third kappa shape index (κ3) is 5.03. The van der Waals surface area contributed by atoms with Crippen molar-refractivity contribution in [2.75, 3.05) is 11.4 Å². The van der Waals surface area contributed by atoms with Gasteiger partial charge in [-0.25, -0.2) is 0 Å². The molecule has 0 saturated carbocycles. The summed E-state index contributed by atoms with van der Waals surface area (Å²) in [5, 5.41) is 2.85. The number of hydrogen-bond donors (Lipinski definition) is 1. The Morgan fingerprint density at radius 2 is 1.75 bits per heavy atom. The third-order valence-electron chi connectivity index (χ3n) is 5.41. The summed E-state index contributed by atoms with van der Waals surface area (Å²) in [6.45, 7) is 2.66. The predicted molar refractivity (Wildman–Crippen MR) is 121 cm³/mol. The molecule has 1 saturated heterocycles. The summed E-state index contributed by atoms with van der Waals surface area (Å²) >= 11 is 0. The van der Waals surface area contributed by atoms with Crippen LogP contribution in [0.5, 0.6) is 5.75 Å². The van der Waals surface area contributed by atoms with E-state index in [1.807, 2.05) is 61.5 Å². The Morgan fingerprint density at radius 1 is 1.00 bits per heavy atom. The number of rotatable bonds is 6. The minimum atomic E-state index is -0.556. The average Bonchev–Trinajstić information content (AvgIpc) is 3.20. The predicted octanol–water partition coefficient (Wildman–Crippen LogP) is 3.88. The van der Waals surface area contributed by atoms with Crippen molar-refractivity contribution in [3.05, 3.63) is 95.6 Å². The number of ether oxygens (including phenoxy) is 1. The molecule has 1 aliphatic heterocycles. The Balaban J connectivity index is 1.37. The Hall–Kier alpha value is -3.93. The fourth-order valence-corrected chi connectivity index (χ4v) is 3.62. The standard InChI is InChI=1S/C26H24N2O4/c1-18-10-12-22(13-11-18)28-17-21(15-24(28)29)26(31)32-23-9-5-8-20(14-23)25(30)27-16-19-6-3-2-4-7-19/h2-14,21H,15-17H2,1H3,(H,27,30). The maximum atomic E-state index is 12.7. The van der Waals surface area contributed by atoms with Gasteiger partial charge in [-0.2, -0.15) is 0 Å². The number of anilines is 1. The highest BCUT2D eigenvalue weighted by Crippen LogP contribution is 2.27. The minimum absolute atomic E-state index is 0.101. The second-order valence-electron chi connectivity index (χ2n) is 7.86. The zero-order chi connectivity index (χ0) is 22.5. The number of nitrogens with one attached hydrogen (secondary N) is 1. The van der Waals surface area contributed by atoms with Crippen LogP contribution in [0.1, 0.15) is 27.9 Å². The van der Waals surface area contributed by atoms with E-state index in [1.165, 1.54) is 6.07 Å². The summed E-state index contributed by atoms with van der Waals surface area (Å²) in [6, 6.07) is 23.7. The number of amides is 2. The first-order valence-electron chi connectivity index (χ1n) is 10.5. The first-order chi connectivity index (χ1) is 15.5. The van der Waals surface area contributed by atoms with Crippen LogP contribution in [0.3, 0.4) is 0 Å². The van der Waals surface area contributed by atoms with E-state index in [0.717, 1.165) is 16.8 Å². The Bertz CT molecular complexity index is 1130. The van der Waals surface area contributed by atoms with Crippen LogP contribution in [0.25, 0.3) is 0 Å². The first kappa shape index (κ1) is 21.3. The number of carbonyl (C=O) groups is 3. The van der Waals surface area contributed by atoms with Crippen molar-refractivity contribution < 1.29 is 19.1 Å². The largest absolute Gasteiger partial charge is 0.426 e. The van der Waals surface area contributed by atoms with Gasteiger partial charge in [-0.05, 0) is 42.8 Å². The second kappa shape index (κ2) is 9.47. The van der Waals surface area contributed by atoms with Crippen molar-refractivity contribution in [2.24, 2.45) is 5.92 Å². The first-order valence-corrected chi connectivity index (χ1v) is 10.5. The number of nitrogens with zero attached hydrogens (tertiary/aromatic N) is 1. The highest BCUT2D eigenvalue weighted by molar-refractivity contribution is 6.00. The molecule has 0 aliphatic carbocycles. The second-order valence-corrected chi connectivity index (χ2v) is 7.86. The molecule has 0 spiro atoms. The molecule has 1 fully saturated rings. The lowest BCUT2D eigenvalue weighted by Crippen LogP contribution is -2.27. The van der Waals surface area contributed by atoms with Gasteiger partial charge in [0.05, 0.1) is 5.92 Å². The van der Waals surface area contributed by atoms with E-state index < -0.39 is 11.9 Å². The van der Waals surface area contributed by atoms with Gasteiger partial charge in [0.1, 0.15) is 5.75 Å². The van der Waals surface area contributed by atoms with Crippen LogP contribution in [-0.2, 0) is 16.1 Å². The zero-order valence-electron chi connectivity index (χ0n) is 17.8. The summed E-state index contributed by atoms with van der Waals surface area (Å²) in [5.74, 6) is -1.11. The topological polar surface area (TPSA) is 75.7 Å². The number of carbonyl (C=O) groups excluding carboxylic acids is 3. The molecule has 2 amide bonds. The summed E-state index contributed by atoms with van der Waals surface area (Å²) < 4.78 is 5.51. The monoisotopic (exact) mass is 428 g/mol. The molecular weight excluding hydrogens is 404 g/mol. The van der Waals surface area contributed by atoms with E-state index >= 15 is 0 Å². The molecule has 162 valence electrons. The highest BCUT2D eigenvalue weighted by Gasteiger charge is 2.36. The Kier molecular flexibility index (Phi) is 6.31. The summed E-state index contributed by atoms with van der Waals surface area (Å²) in [7, 11) is 0. The number of benzene rings is 3. The van der Waals surface area contributed by atoms with Gasteiger partial charge in [0.15, 0.2) is 0 Å². The quantitative estimate of drug-likeness (QED) is 0.478. The van der Waals surface area contributed by atoms with E-state index in [1.54, 1.807) is 23.1 Å². The van der Waals surface area contributed by atoms with Crippen molar-refractivity contribution in [2.45, 2.75) is 19.9 Å². The molecule has 3 aromatic carbocycles. The van der Waals surface area contributed by atoms with E-state index in [9.17, 15) is 14.4 Å². The van der Waals surface area contributed by atoms with Gasteiger partial charge in [-0.3, -0.25) is 14.4 Å². The van der Waals surface area contributed by atoms with E-state index in [4.69, 9.17) is 4.74 Å². The van der Waals surface area contributed by atoms with E-state index in [2.05, 4.69) is 5.32 Å². The maximum absolute atomic E-state index is 12.7. The van der Waals surface area contributed by atoms with E-state index in [-0.39, 0.29) is 30.5 Å². The van der Waals surface area contributed by atoms with Crippen molar-refractivity contribution in [3.8, 4) is 5.75 Å². The van der Waals surface area contributed by atoms with Gasteiger partial charge in [0.2, 0.25) is 5.91 Å². The summed E-state index contributed by atoms with van der Waals surface area (Å²) in [5.41, 5.74) is 3.26. The molecule has 0 radical (unpaired) electrons. The lowest BCUT2D eigenvalue weighted by Gasteiger charge is -2.16. The van der Waals surface area contributed by atoms with Gasteiger partial charge < -0.3 is 15.0 Å². The van der Waals surface area contributed by atoms with Crippen LogP contribution in [0.4, 0.5) is 5.69 Å². The lowest BCUT2D eigenvalue weighted by molar-refractivity contribution is -0.139. The number of hydrogen-bond acceptors (Lipinski definition) is 4. The van der Waals surface area contributed by atoms with Crippen LogP contribution in [-0.4, -0.2) is 24.3 Å². The van der Waals surface area contributed by atoms with Gasteiger partial charge in [-0.15, -0.1) is 0 Å². The molecular formula is C26H24N2O4. The Labute approximate surface area is 186 Å². The third-order valence-corrected chi connectivity index (χ3v) is 5.41. The van der Waals surface area contributed by atoms with Gasteiger partial charge in [-0.1, -0.05) is 54.1 Å². The highest BCUT2D eigenvalue weighted by atomic mass is 16.5.